The summed E-state index contributed by atoms with van der Waals surface area (Å²) in [6.45, 7) is 2.52. The molecule has 1 heterocycles. The van der Waals surface area contributed by atoms with E-state index in [1.807, 2.05) is 23.6 Å². The molecule has 0 spiro atoms. The monoisotopic (exact) mass is 596 g/mol. The first kappa shape index (κ1) is 31.0. The van der Waals surface area contributed by atoms with E-state index in [9.17, 15) is 18.0 Å². The van der Waals surface area contributed by atoms with Crippen molar-refractivity contribution in [2.24, 2.45) is 0 Å². The van der Waals surface area contributed by atoms with Crippen LogP contribution < -0.4 is 10.6 Å². The first-order valence-electron chi connectivity index (χ1n) is 14.1. The van der Waals surface area contributed by atoms with Gasteiger partial charge in [-0.15, -0.1) is 0 Å². The summed E-state index contributed by atoms with van der Waals surface area (Å²) in [4.78, 5) is 18.9. The summed E-state index contributed by atoms with van der Waals surface area (Å²) in [6.07, 6.45) is 4.17. The van der Waals surface area contributed by atoms with Crippen molar-refractivity contribution in [1.29, 1.82) is 5.26 Å². The fourth-order valence-electron chi connectivity index (χ4n) is 5.26. The number of benzene rings is 2. The van der Waals surface area contributed by atoms with Crippen molar-refractivity contribution in [1.82, 2.24) is 25.1 Å². The predicted octanol–water partition coefficient (Wildman–Crippen LogP) is 5.58. The van der Waals surface area contributed by atoms with E-state index >= 15 is 0 Å². The molecule has 2 N–H and O–H groups in total. The van der Waals surface area contributed by atoms with Crippen LogP contribution in [0.3, 0.4) is 0 Å². The van der Waals surface area contributed by atoms with Crippen molar-refractivity contribution < 1.29 is 18.0 Å². The van der Waals surface area contributed by atoms with Crippen LogP contribution in [-0.4, -0.2) is 44.1 Å². The lowest BCUT2D eigenvalue weighted by molar-refractivity contribution is -0.138. The fourth-order valence-corrected chi connectivity index (χ4v) is 5.56. The maximum absolute atomic E-state index is 13.7. The first-order chi connectivity index (χ1) is 20.1. The number of halogens is 3. The van der Waals surface area contributed by atoms with Gasteiger partial charge in [-0.1, -0.05) is 49.6 Å². The number of nitrogens with one attached hydrogen (secondary N) is 2. The molecule has 7 nitrogen and oxygen atoms in total. The molecule has 4 rings (SSSR count). The topological polar surface area (TPSA) is 86.0 Å². The minimum absolute atomic E-state index is 0.0359. The Morgan fingerprint density at radius 3 is 2.57 bits per heavy atom. The smallest absolute Gasteiger partial charge is 0.360 e. The maximum Gasteiger partial charge on any atom is 0.416 e. The molecule has 2 aromatic carbocycles. The summed E-state index contributed by atoms with van der Waals surface area (Å²) in [5.74, 6) is -0.231. The van der Waals surface area contributed by atoms with Gasteiger partial charge >= 0.3 is 6.18 Å². The summed E-state index contributed by atoms with van der Waals surface area (Å²) in [6, 6.07) is 14.6. The molecule has 0 bridgehead atoms. The van der Waals surface area contributed by atoms with E-state index in [-0.39, 0.29) is 37.0 Å². The largest absolute Gasteiger partial charge is 0.416 e. The van der Waals surface area contributed by atoms with Crippen LogP contribution in [0.4, 0.5) is 13.2 Å². The average molecular weight is 597 g/mol. The average Bonchev–Trinajstić information content (AvgIpc) is 3.39. The number of rotatable bonds is 10. The Labute approximate surface area is 249 Å². The number of alkyl halides is 3. The lowest BCUT2D eigenvalue weighted by Crippen LogP contribution is -2.50. The molecule has 1 aliphatic carbocycles. The predicted molar refractivity (Wildman–Crippen MR) is 158 cm³/mol. The van der Waals surface area contributed by atoms with Gasteiger partial charge in [0.2, 0.25) is 5.91 Å². The van der Waals surface area contributed by atoms with Gasteiger partial charge in [0.1, 0.15) is 0 Å². The molecule has 0 radical (unpaired) electrons. The number of hydrogen-bond acceptors (Lipinski definition) is 4. The van der Waals surface area contributed by atoms with Gasteiger partial charge in [-0.05, 0) is 61.3 Å². The lowest BCUT2D eigenvalue weighted by Gasteiger charge is -2.33. The van der Waals surface area contributed by atoms with Gasteiger partial charge in [-0.25, -0.2) is 4.98 Å². The van der Waals surface area contributed by atoms with Crippen molar-refractivity contribution in [2.45, 2.75) is 76.8 Å². The molecule has 1 amide bonds. The van der Waals surface area contributed by atoms with E-state index in [0.29, 0.717) is 17.2 Å². The van der Waals surface area contributed by atoms with Gasteiger partial charge in [0.05, 0.1) is 29.9 Å². The normalized spacial score (nSPS) is 14.5. The van der Waals surface area contributed by atoms with E-state index in [4.69, 9.17) is 17.5 Å². The van der Waals surface area contributed by atoms with Crippen LogP contribution in [0.2, 0.25) is 0 Å². The highest BCUT2D eigenvalue weighted by molar-refractivity contribution is 7.80. The second kappa shape index (κ2) is 14.3. The highest BCUT2D eigenvalue weighted by Gasteiger charge is 2.33. The Bertz CT molecular complexity index is 1390. The van der Waals surface area contributed by atoms with Crippen molar-refractivity contribution in [3.05, 3.63) is 89.0 Å². The zero-order chi connectivity index (χ0) is 30.1. The zero-order valence-electron chi connectivity index (χ0n) is 23.5. The number of thiocarbonyl (C=S) groups is 1. The van der Waals surface area contributed by atoms with Crippen molar-refractivity contribution >= 4 is 23.2 Å². The van der Waals surface area contributed by atoms with E-state index in [0.717, 1.165) is 43.0 Å². The van der Waals surface area contributed by atoms with E-state index in [1.165, 1.54) is 18.6 Å². The number of nitrogens with zero attached hydrogens (tertiary/aromatic N) is 4. The minimum Gasteiger partial charge on any atom is -0.360 e. The Hall–Kier alpha value is -3.91. The van der Waals surface area contributed by atoms with E-state index < -0.39 is 17.8 Å². The van der Waals surface area contributed by atoms with Crippen LogP contribution in [0.25, 0.3) is 0 Å². The molecule has 0 unspecified atom stereocenters. The van der Waals surface area contributed by atoms with Gasteiger partial charge in [-0.2, -0.15) is 18.4 Å². The standard InChI is InChI=1S/C31H35F3N6OS/c1-22(37-29(41)15-27-17-36-21-40(27)19-24-13-11-23(16-35)12-14-24)18-39(30(42)38-26-8-3-2-4-9-26)20-25-7-5-6-10-28(25)31(32,33)34/h5-7,10-14,17,21-22,26H,2-4,8-9,15,18-20H2,1H3,(H,37,41)(H,38,42)/t22-/m0/s1. The van der Waals surface area contributed by atoms with Crippen molar-refractivity contribution in [3.63, 3.8) is 0 Å². The zero-order valence-corrected chi connectivity index (χ0v) is 24.3. The third-order valence-corrected chi connectivity index (χ3v) is 7.76. The minimum atomic E-state index is -4.48. The molecule has 42 heavy (non-hydrogen) atoms. The molecular formula is C31H35F3N6OS. The summed E-state index contributed by atoms with van der Waals surface area (Å²) < 4.78 is 43.1. The Morgan fingerprint density at radius 1 is 1.17 bits per heavy atom. The fraction of sp³-hybridized carbons (Fsp3) is 0.419. The third-order valence-electron chi connectivity index (χ3n) is 7.38. The van der Waals surface area contributed by atoms with Crippen LogP contribution in [0.5, 0.6) is 0 Å². The number of amides is 1. The maximum atomic E-state index is 13.7. The quantitative estimate of drug-likeness (QED) is 0.298. The van der Waals surface area contributed by atoms with Crippen LogP contribution in [0, 0.1) is 11.3 Å². The molecule has 3 aromatic rings. The third kappa shape index (κ3) is 8.79. The Morgan fingerprint density at radius 2 is 1.88 bits per heavy atom. The molecule has 1 atom stereocenters. The second-order valence-corrected chi connectivity index (χ2v) is 11.2. The van der Waals surface area contributed by atoms with Crippen LogP contribution in [0.1, 0.15) is 67.0 Å². The molecule has 0 saturated heterocycles. The highest BCUT2D eigenvalue weighted by Crippen LogP contribution is 2.32. The number of imidazole rings is 1. The molecule has 1 fully saturated rings. The van der Waals surface area contributed by atoms with Gasteiger partial charge in [0.15, 0.2) is 5.11 Å². The summed E-state index contributed by atoms with van der Waals surface area (Å²) in [5.41, 5.74) is 1.69. The summed E-state index contributed by atoms with van der Waals surface area (Å²) >= 11 is 5.70. The highest BCUT2D eigenvalue weighted by atomic mass is 32.1. The van der Waals surface area contributed by atoms with Gasteiger partial charge in [0, 0.05) is 43.6 Å². The summed E-state index contributed by atoms with van der Waals surface area (Å²) in [7, 11) is 0. The molecular weight excluding hydrogens is 561 g/mol. The number of nitriles is 1. The number of hydrogen-bond donors (Lipinski definition) is 2. The molecule has 11 heteroatoms. The molecule has 1 aromatic heterocycles. The van der Waals surface area contributed by atoms with Crippen LogP contribution in [-0.2, 0) is 30.5 Å². The molecule has 1 saturated carbocycles. The lowest BCUT2D eigenvalue weighted by atomic mass is 9.96. The second-order valence-electron chi connectivity index (χ2n) is 10.8. The Balaban J connectivity index is 1.41. The Kier molecular flexibility index (Phi) is 10.6. The number of carbonyl (C=O) groups is 1. The molecule has 0 aliphatic heterocycles. The summed E-state index contributed by atoms with van der Waals surface area (Å²) in [5, 5.41) is 15.7. The molecule has 1 aliphatic rings. The van der Waals surface area contributed by atoms with E-state index in [1.54, 1.807) is 35.6 Å². The number of carbonyl (C=O) groups excluding carboxylic acids is 1. The van der Waals surface area contributed by atoms with Crippen molar-refractivity contribution in [2.75, 3.05) is 6.54 Å². The molecule has 222 valence electrons. The first-order valence-corrected chi connectivity index (χ1v) is 14.5. The van der Waals surface area contributed by atoms with Crippen molar-refractivity contribution in [3.8, 4) is 6.07 Å². The van der Waals surface area contributed by atoms with Gasteiger partial charge in [-0.3, -0.25) is 4.79 Å². The van der Waals surface area contributed by atoms with Crippen LogP contribution in [0.15, 0.2) is 61.1 Å². The van der Waals surface area contributed by atoms with Crippen LogP contribution >= 0.6 is 12.2 Å². The number of aromatic nitrogens is 2. The van der Waals surface area contributed by atoms with Gasteiger partial charge in [0.25, 0.3) is 0 Å². The van der Waals surface area contributed by atoms with E-state index in [2.05, 4.69) is 21.7 Å². The SMILES string of the molecule is C[C@@H](CN(Cc1ccccc1C(F)(F)F)C(=S)NC1CCCCC1)NC(=O)Cc1cncn1Cc1ccc(C#N)cc1. The van der Waals surface area contributed by atoms with Gasteiger partial charge < -0.3 is 20.1 Å².